The van der Waals surface area contributed by atoms with Crippen molar-refractivity contribution in [3.05, 3.63) is 64.8 Å². The largest absolute Gasteiger partial charge is 0.316 e. The van der Waals surface area contributed by atoms with Gasteiger partial charge in [0, 0.05) is 28.2 Å². The van der Waals surface area contributed by atoms with Crippen molar-refractivity contribution in [1.82, 2.24) is 4.57 Å². The first-order valence-corrected chi connectivity index (χ1v) is 6.61. The second-order valence-corrected chi connectivity index (χ2v) is 5.19. The first-order chi connectivity index (χ1) is 9.95. The Balaban J connectivity index is 2.36. The summed E-state index contributed by atoms with van der Waals surface area (Å²) in [5.74, 6) is -1.49. The van der Waals surface area contributed by atoms with Crippen molar-refractivity contribution in [1.29, 1.82) is 0 Å². The number of carbonyl (C=O) groups excluding carboxylic acids is 1. The van der Waals surface area contributed by atoms with Crippen molar-refractivity contribution in [2.45, 2.75) is 6.92 Å². The van der Waals surface area contributed by atoms with E-state index in [4.69, 9.17) is 11.6 Å². The van der Waals surface area contributed by atoms with Crippen LogP contribution in [0.4, 0.5) is 8.78 Å². The molecule has 21 heavy (non-hydrogen) atoms. The summed E-state index contributed by atoms with van der Waals surface area (Å²) < 4.78 is 28.4. The van der Waals surface area contributed by atoms with Crippen LogP contribution in [0, 0.1) is 11.6 Å². The summed E-state index contributed by atoms with van der Waals surface area (Å²) in [6, 6.07) is 8.26. The highest BCUT2D eigenvalue weighted by Crippen LogP contribution is 2.28. The summed E-state index contributed by atoms with van der Waals surface area (Å²) in [7, 11) is 0. The lowest BCUT2D eigenvalue weighted by molar-refractivity contribution is 0.101. The van der Waals surface area contributed by atoms with Crippen molar-refractivity contribution >= 4 is 28.3 Å². The fraction of sp³-hybridized carbons (Fsp3) is 0.0625. The number of benzene rings is 2. The first kappa shape index (κ1) is 13.8. The monoisotopic (exact) mass is 305 g/mol. The van der Waals surface area contributed by atoms with Gasteiger partial charge in [-0.3, -0.25) is 4.79 Å². The van der Waals surface area contributed by atoms with Gasteiger partial charge in [0.25, 0.3) is 0 Å². The van der Waals surface area contributed by atoms with Crippen LogP contribution in [-0.4, -0.2) is 10.4 Å². The summed E-state index contributed by atoms with van der Waals surface area (Å²) in [5, 5.41) is 1.17. The molecule has 0 atom stereocenters. The Hall–Kier alpha value is -2.20. The second kappa shape index (κ2) is 4.97. The molecule has 0 amide bonds. The molecule has 5 heteroatoms. The van der Waals surface area contributed by atoms with E-state index >= 15 is 0 Å². The number of ketones is 1. The fourth-order valence-electron chi connectivity index (χ4n) is 2.37. The minimum atomic E-state index is -0.682. The van der Waals surface area contributed by atoms with Crippen LogP contribution in [0.1, 0.15) is 17.3 Å². The lowest BCUT2D eigenvalue weighted by Crippen LogP contribution is -1.95. The van der Waals surface area contributed by atoms with E-state index in [1.54, 1.807) is 29.0 Å². The molecule has 0 aliphatic rings. The zero-order valence-corrected chi connectivity index (χ0v) is 11.8. The Morgan fingerprint density at radius 3 is 2.38 bits per heavy atom. The highest BCUT2D eigenvalue weighted by Gasteiger charge is 2.14. The van der Waals surface area contributed by atoms with E-state index in [1.807, 2.05) is 0 Å². The normalized spacial score (nSPS) is 11.0. The van der Waals surface area contributed by atoms with Gasteiger partial charge in [-0.25, -0.2) is 8.78 Å². The van der Waals surface area contributed by atoms with E-state index in [0.717, 1.165) is 6.07 Å². The second-order valence-electron chi connectivity index (χ2n) is 4.76. The van der Waals surface area contributed by atoms with Gasteiger partial charge in [-0.2, -0.15) is 0 Å². The Labute approximate surface area is 124 Å². The third-order valence-electron chi connectivity index (χ3n) is 3.27. The third kappa shape index (κ3) is 2.43. The van der Waals surface area contributed by atoms with E-state index in [1.165, 1.54) is 19.1 Å². The maximum atomic E-state index is 13.4. The number of rotatable bonds is 2. The number of nitrogens with zero attached hydrogens (tertiary/aromatic N) is 1. The van der Waals surface area contributed by atoms with Crippen molar-refractivity contribution < 1.29 is 13.6 Å². The predicted molar refractivity (Wildman–Crippen MR) is 78.2 cm³/mol. The molecule has 2 nitrogen and oxygen atoms in total. The molecule has 0 N–H and O–H groups in total. The Bertz CT molecular complexity index is 850. The molecular weight excluding hydrogens is 296 g/mol. The average Bonchev–Trinajstić information content (AvgIpc) is 2.76. The molecule has 0 fully saturated rings. The van der Waals surface area contributed by atoms with Gasteiger partial charge in [-0.05, 0) is 31.2 Å². The standard InChI is InChI=1S/C16H10ClF2NO/c1-9(21)15-8-20(13-6-11(18)5-12(19)7-13)16-4-10(17)2-3-14(15)16/h2-8H,1H3. The van der Waals surface area contributed by atoms with Crippen LogP contribution < -0.4 is 0 Å². The quantitative estimate of drug-likeness (QED) is 0.625. The molecule has 1 aromatic heterocycles. The van der Waals surface area contributed by atoms with Crippen LogP contribution in [0.2, 0.25) is 5.02 Å². The van der Waals surface area contributed by atoms with Gasteiger partial charge < -0.3 is 4.57 Å². The molecule has 0 radical (unpaired) electrons. The average molecular weight is 306 g/mol. The maximum absolute atomic E-state index is 13.4. The molecule has 1 heterocycles. The molecule has 3 aromatic rings. The van der Waals surface area contributed by atoms with E-state index in [0.29, 0.717) is 27.2 Å². The van der Waals surface area contributed by atoms with Crippen molar-refractivity contribution in [3.8, 4) is 5.69 Å². The summed E-state index contributed by atoms with van der Waals surface area (Å²) in [5.41, 5.74) is 1.40. The number of Topliss-reactive ketones (excluding diaryl/α,β-unsaturated/α-hetero) is 1. The number of aromatic nitrogens is 1. The molecule has 0 saturated carbocycles. The topological polar surface area (TPSA) is 22.0 Å². The molecular formula is C16H10ClF2NO. The molecule has 0 spiro atoms. The molecule has 0 bridgehead atoms. The predicted octanol–water partition coefficient (Wildman–Crippen LogP) is 4.76. The fourth-order valence-corrected chi connectivity index (χ4v) is 2.54. The summed E-state index contributed by atoms with van der Waals surface area (Å²) in [6.07, 6.45) is 1.57. The molecule has 0 aliphatic heterocycles. The number of halogens is 3. The molecule has 3 rings (SSSR count). The number of fused-ring (bicyclic) bond motifs is 1. The summed E-state index contributed by atoms with van der Waals surface area (Å²) >= 11 is 5.98. The van der Waals surface area contributed by atoms with Gasteiger partial charge in [0.15, 0.2) is 5.78 Å². The minimum absolute atomic E-state index is 0.127. The summed E-state index contributed by atoms with van der Waals surface area (Å²) in [6.45, 7) is 1.44. The Kier molecular flexibility index (Phi) is 3.26. The molecule has 0 aliphatic carbocycles. The van der Waals surface area contributed by atoms with Crippen LogP contribution in [0.15, 0.2) is 42.6 Å². The number of hydrogen-bond donors (Lipinski definition) is 0. The van der Waals surface area contributed by atoms with Gasteiger partial charge in [0.05, 0.1) is 11.2 Å². The van der Waals surface area contributed by atoms with Crippen molar-refractivity contribution in [2.75, 3.05) is 0 Å². The zero-order chi connectivity index (χ0) is 15.1. The van der Waals surface area contributed by atoms with Crippen LogP contribution >= 0.6 is 11.6 Å². The van der Waals surface area contributed by atoms with Crippen LogP contribution in [-0.2, 0) is 0 Å². The highest BCUT2D eigenvalue weighted by molar-refractivity contribution is 6.31. The maximum Gasteiger partial charge on any atom is 0.161 e. The smallest absolute Gasteiger partial charge is 0.161 e. The van der Waals surface area contributed by atoms with Crippen LogP contribution in [0.25, 0.3) is 16.6 Å². The molecule has 106 valence electrons. The van der Waals surface area contributed by atoms with Gasteiger partial charge in [0.2, 0.25) is 0 Å². The molecule has 2 aromatic carbocycles. The van der Waals surface area contributed by atoms with Gasteiger partial charge in [-0.1, -0.05) is 17.7 Å². The SMILES string of the molecule is CC(=O)c1cn(-c2cc(F)cc(F)c2)c2cc(Cl)ccc12. The number of hydrogen-bond acceptors (Lipinski definition) is 1. The van der Waals surface area contributed by atoms with Crippen LogP contribution in [0.5, 0.6) is 0 Å². The Morgan fingerprint density at radius 2 is 1.76 bits per heavy atom. The minimum Gasteiger partial charge on any atom is -0.316 e. The van der Waals surface area contributed by atoms with Gasteiger partial charge >= 0.3 is 0 Å². The lowest BCUT2D eigenvalue weighted by Gasteiger charge is -2.06. The van der Waals surface area contributed by atoms with E-state index in [9.17, 15) is 13.6 Å². The van der Waals surface area contributed by atoms with E-state index in [2.05, 4.69) is 0 Å². The van der Waals surface area contributed by atoms with Gasteiger partial charge in [-0.15, -0.1) is 0 Å². The highest BCUT2D eigenvalue weighted by atomic mass is 35.5. The molecule has 0 saturated heterocycles. The molecule has 0 unspecified atom stereocenters. The van der Waals surface area contributed by atoms with Crippen molar-refractivity contribution in [3.63, 3.8) is 0 Å². The summed E-state index contributed by atoms with van der Waals surface area (Å²) in [4.78, 5) is 11.7. The Morgan fingerprint density at radius 1 is 1.10 bits per heavy atom. The third-order valence-corrected chi connectivity index (χ3v) is 3.51. The van der Waals surface area contributed by atoms with Crippen LogP contribution in [0.3, 0.4) is 0 Å². The zero-order valence-electron chi connectivity index (χ0n) is 11.0. The van der Waals surface area contributed by atoms with Gasteiger partial charge in [0.1, 0.15) is 11.6 Å². The van der Waals surface area contributed by atoms with E-state index in [-0.39, 0.29) is 5.78 Å². The van der Waals surface area contributed by atoms with E-state index < -0.39 is 11.6 Å². The number of carbonyl (C=O) groups is 1. The lowest BCUT2D eigenvalue weighted by atomic mass is 10.1. The first-order valence-electron chi connectivity index (χ1n) is 6.24. The van der Waals surface area contributed by atoms with Crippen molar-refractivity contribution in [2.24, 2.45) is 0 Å².